The second-order valence-electron chi connectivity index (χ2n) is 6.77. The lowest BCUT2D eigenvalue weighted by molar-refractivity contribution is -0.117. The molecule has 1 heterocycles. The Bertz CT molecular complexity index is 609. The lowest BCUT2D eigenvalue weighted by Crippen LogP contribution is -2.24. The number of benzene rings is 1. The van der Waals surface area contributed by atoms with E-state index in [1.807, 2.05) is 12.1 Å². The highest BCUT2D eigenvalue weighted by Crippen LogP contribution is 2.34. The highest BCUT2D eigenvalue weighted by atomic mass is 16.5. The Labute approximate surface area is 143 Å². The van der Waals surface area contributed by atoms with Gasteiger partial charge in [-0.3, -0.25) is 9.59 Å². The SMILES string of the molecule is COc1cc(NC(=O)CCC2CCCC2)ccc1N1CCCC1=O. The number of hydrogen-bond acceptors (Lipinski definition) is 3. The summed E-state index contributed by atoms with van der Waals surface area (Å²) in [5.74, 6) is 1.52. The molecule has 1 saturated heterocycles. The van der Waals surface area contributed by atoms with Gasteiger partial charge >= 0.3 is 0 Å². The third kappa shape index (κ3) is 3.89. The molecule has 0 atom stereocenters. The number of hydrogen-bond donors (Lipinski definition) is 1. The molecular weight excluding hydrogens is 304 g/mol. The number of ether oxygens (including phenoxy) is 1. The summed E-state index contributed by atoms with van der Waals surface area (Å²) >= 11 is 0. The Kier molecular flexibility index (Phi) is 5.38. The minimum Gasteiger partial charge on any atom is -0.494 e. The Balaban J connectivity index is 1.61. The van der Waals surface area contributed by atoms with Crippen LogP contribution in [-0.2, 0) is 9.59 Å². The Morgan fingerprint density at radius 3 is 2.75 bits per heavy atom. The van der Waals surface area contributed by atoms with Crippen LogP contribution in [0.1, 0.15) is 51.4 Å². The van der Waals surface area contributed by atoms with Gasteiger partial charge in [0.25, 0.3) is 0 Å². The van der Waals surface area contributed by atoms with Crippen molar-refractivity contribution >= 4 is 23.2 Å². The zero-order valence-electron chi connectivity index (χ0n) is 14.3. The maximum atomic E-state index is 12.1. The average molecular weight is 330 g/mol. The zero-order valence-corrected chi connectivity index (χ0v) is 14.3. The molecule has 5 nitrogen and oxygen atoms in total. The van der Waals surface area contributed by atoms with E-state index in [4.69, 9.17) is 4.74 Å². The van der Waals surface area contributed by atoms with E-state index in [9.17, 15) is 9.59 Å². The fraction of sp³-hybridized carbons (Fsp3) is 0.579. The van der Waals surface area contributed by atoms with Crippen LogP contribution < -0.4 is 15.0 Å². The van der Waals surface area contributed by atoms with Crippen LogP contribution in [-0.4, -0.2) is 25.5 Å². The maximum absolute atomic E-state index is 12.1. The van der Waals surface area contributed by atoms with Crippen molar-refractivity contribution < 1.29 is 14.3 Å². The third-order valence-corrected chi connectivity index (χ3v) is 5.08. The van der Waals surface area contributed by atoms with E-state index in [-0.39, 0.29) is 11.8 Å². The van der Waals surface area contributed by atoms with Crippen molar-refractivity contribution in [3.63, 3.8) is 0 Å². The summed E-state index contributed by atoms with van der Waals surface area (Å²) in [4.78, 5) is 25.8. The standard InChI is InChI=1S/C19H26N2O3/c1-24-17-13-15(9-10-16(17)21-12-4-7-19(21)23)20-18(22)11-8-14-5-2-3-6-14/h9-10,13-14H,2-8,11-12H2,1H3,(H,20,22). The van der Waals surface area contributed by atoms with Gasteiger partial charge < -0.3 is 15.0 Å². The molecule has 130 valence electrons. The normalized spacial score (nSPS) is 18.2. The van der Waals surface area contributed by atoms with E-state index < -0.39 is 0 Å². The predicted octanol–water partition coefficient (Wildman–Crippen LogP) is 3.73. The monoisotopic (exact) mass is 330 g/mol. The van der Waals surface area contributed by atoms with Crippen molar-refractivity contribution in [3.05, 3.63) is 18.2 Å². The second kappa shape index (κ2) is 7.69. The van der Waals surface area contributed by atoms with Gasteiger partial charge in [-0.2, -0.15) is 0 Å². The van der Waals surface area contributed by atoms with Crippen molar-refractivity contribution in [3.8, 4) is 5.75 Å². The number of nitrogens with one attached hydrogen (secondary N) is 1. The molecule has 1 saturated carbocycles. The van der Waals surface area contributed by atoms with Gasteiger partial charge in [0.2, 0.25) is 11.8 Å². The molecule has 1 N–H and O–H groups in total. The summed E-state index contributed by atoms with van der Waals surface area (Å²) in [6.45, 7) is 0.724. The van der Waals surface area contributed by atoms with Gasteiger partial charge in [0.15, 0.2) is 0 Å². The van der Waals surface area contributed by atoms with Crippen LogP contribution in [0.5, 0.6) is 5.75 Å². The van der Waals surface area contributed by atoms with E-state index in [1.54, 1.807) is 18.1 Å². The number of methoxy groups -OCH3 is 1. The highest BCUT2D eigenvalue weighted by molar-refractivity contribution is 5.97. The number of rotatable bonds is 6. The quantitative estimate of drug-likeness (QED) is 0.864. The molecule has 5 heteroatoms. The molecule has 0 bridgehead atoms. The predicted molar refractivity (Wildman–Crippen MR) is 94.4 cm³/mol. The largest absolute Gasteiger partial charge is 0.494 e. The van der Waals surface area contributed by atoms with Crippen molar-refractivity contribution in [2.75, 3.05) is 23.9 Å². The molecule has 3 rings (SSSR count). The van der Waals surface area contributed by atoms with Gasteiger partial charge in [-0.1, -0.05) is 25.7 Å². The molecular formula is C19H26N2O3. The van der Waals surface area contributed by atoms with Gasteiger partial charge in [0.1, 0.15) is 5.75 Å². The summed E-state index contributed by atoms with van der Waals surface area (Å²) in [5, 5.41) is 2.95. The minimum absolute atomic E-state index is 0.0500. The van der Waals surface area contributed by atoms with Crippen molar-refractivity contribution in [2.45, 2.75) is 51.4 Å². The van der Waals surface area contributed by atoms with Gasteiger partial charge in [-0.05, 0) is 30.9 Å². The van der Waals surface area contributed by atoms with Crippen molar-refractivity contribution in [1.29, 1.82) is 0 Å². The number of carbonyl (C=O) groups excluding carboxylic acids is 2. The highest BCUT2D eigenvalue weighted by Gasteiger charge is 2.24. The summed E-state index contributed by atoms with van der Waals surface area (Å²) in [7, 11) is 1.59. The van der Waals surface area contributed by atoms with E-state index in [0.717, 1.165) is 30.8 Å². The molecule has 2 amide bonds. The number of carbonyl (C=O) groups is 2. The van der Waals surface area contributed by atoms with Gasteiger partial charge in [0.05, 0.1) is 12.8 Å². The van der Waals surface area contributed by atoms with Crippen LogP contribution in [0, 0.1) is 5.92 Å². The molecule has 0 unspecified atom stereocenters. The van der Waals surface area contributed by atoms with Crippen molar-refractivity contribution in [2.24, 2.45) is 5.92 Å². The molecule has 1 aromatic rings. The van der Waals surface area contributed by atoms with Crippen LogP contribution in [0.25, 0.3) is 0 Å². The van der Waals surface area contributed by atoms with Gasteiger partial charge in [-0.15, -0.1) is 0 Å². The first-order valence-corrected chi connectivity index (χ1v) is 8.95. The molecule has 0 spiro atoms. The topological polar surface area (TPSA) is 58.6 Å². The molecule has 24 heavy (non-hydrogen) atoms. The van der Waals surface area contributed by atoms with Gasteiger partial charge in [0, 0.05) is 31.1 Å². The number of nitrogens with zero attached hydrogens (tertiary/aromatic N) is 1. The molecule has 1 aliphatic carbocycles. The van der Waals surface area contributed by atoms with E-state index in [2.05, 4.69) is 5.32 Å². The molecule has 0 aromatic heterocycles. The van der Waals surface area contributed by atoms with Crippen LogP contribution in [0.2, 0.25) is 0 Å². The Morgan fingerprint density at radius 1 is 1.29 bits per heavy atom. The summed E-state index contributed by atoms with van der Waals surface area (Å²) < 4.78 is 5.42. The Hall–Kier alpha value is -2.04. The molecule has 2 aliphatic rings. The fourth-order valence-electron chi connectivity index (χ4n) is 3.74. The lowest BCUT2D eigenvalue weighted by atomic mass is 10.0. The smallest absolute Gasteiger partial charge is 0.227 e. The molecule has 0 radical (unpaired) electrons. The summed E-state index contributed by atoms with van der Waals surface area (Å²) in [6, 6.07) is 5.50. The average Bonchev–Trinajstić information content (AvgIpc) is 3.24. The Morgan fingerprint density at radius 2 is 2.08 bits per heavy atom. The van der Waals surface area contributed by atoms with Gasteiger partial charge in [-0.25, -0.2) is 0 Å². The zero-order chi connectivity index (χ0) is 16.9. The van der Waals surface area contributed by atoms with E-state index in [1.165, 1.54) is 25.7 Å². The fourth-order valence-corrected chi connectivity index (χ4v) is 3.74. The maximum Gasteiger partial charge on any atom is 0.227 e. The number of amides is 2. The van der Waals surface area contributed by atoms with Crippen LogP contribution in [0.3, 0.4) is 0 Å². The minimum atomic E-state index is 0.0500. The molecule has 1 aromatic carbocycles. The van der Waals surface area contributed by atoms with E-state index >= 15 is 0 Å². The van der Waals surface area contributed by atoms with Crippen LogP contribution >= 0.6 is 0 Å². The second-order valence-corrected chi connectivity index (χ2v) is 6.77. The van der Waals surface area contributed by atoms with Crippen LogP contribution in [0.4, 0.5) is 11.4 Å². The lowest BCUT2D eigenvalue weighted by Gasteiger charge is -2.19. The summed E-state index contributed by atoms with van der Waals surface area (Å²) in [5.41, 5.74) is 1.50. The first kappa shape index (κ1) is 16.8. The van der Waals surface area contributed by atoms with Crippen molar-refractivity contribution in [1.82, 2.24) is 0 Å². The summed E-state index contributed by atoms with van der Waals surface area (Å²) in [6.07, 6.45) is 8.15. The number of anilines is 2. The van der Waals surface area contributed by atoms with Crippen LogP contribution in [0.15, 0.2) is 18.2 Å². The molecule has 2 fully saturated rings. The molecule has 1 aliphatic heterocycles. The first-order valence-electron chi connectivity index (χ1n) is 8.95. The van der Waals surface area contributed by atoms with E-state index in [0.29, 0.717) is 24.5 Å². The third-order valence-electron chi connectivity index (χ3n) is 5.08. The first-order chi connectivity index (χ1) is 11.7.